The maximum atomic E-state index is 12.8. The number of methoxy groups -OCH3 is 1. The van der Waals surface area contributed by atoms with Crippen molar-refractivity contribution < 1.29 is 17.9 Å². The summed E-state index contributed by atoms with van der Waals surface area (Å²) in [6, 6.07) is 15.0. The summed E-state index contributed by atoms with van der Waals surface area (Å²) < 4.78 is 32.4. The summed E-state index contributed by atoms with van der Waals surface area (Å²) in [5.74, 6) is 0.508. The Hall–Kier alpha value is -2.38. The van der Waals surface area contributed by atoms with Crippen molar-refractivity contribution in [2.75, 3.05) is 20.2 Å². The second kappa shape index (κ2) is 9.62. The first kappa shape index (κ1) is 22.3. The van der Waals surface area contributed by atoms with Crippen LogP contribution in [0.1, 0.15) is 42.5 Å². The first-order valence-electron chi connectivity index (χ1n) is 10.3. The number of amides is 1. The fourth-order valence-corrected chi connectivity index (χ4v) is 5.38. The summed E-state index contributed by atoms with van der Waals surface area (Å²) >= 11 is 0. The van der Waals surface area contributed by atoms with Crippen LogP contribution < -0.4 is 10.1 Å². The number of nitrogens with one attached hydrogen (secondary N) is 1. The van der Waals surface area contributed by atoms with Crippen LogP contribution in [0.25, 0.3) is 0 Å². The Balaban J connectivity index is 1.55. The number of carbonyl (C=O) groups excluding carboxylic acids is 1. The summed E-state index contributed by atoms with van der Waals surface area (Å²) in [5, 5.41) is 3.05. The van der Waals surface area contributed by atoms with Crippen LogP contribution in [0, 0.1) is 12.8 Å². The quantitative estimate of drug-likeness (QED) is 0.730. The number of rotatable bonds is 7. The van der Waals surface area contributed by atoms with Crippen LogP contribution in [0.15, 0.2) is 48.5 Å². The number of benzene rings is 2. The molecular formula is C23H30N2O4S. The van der Waals surface area contributed by atoms with Gasteiger partial charge in [-0.2, -0.15) is 0 Å². The SMILES string of the molecule is COc1ccccc1[C@@H](C)NC(=O)C1CCN(S(=O)(=O)Cc2ccc(C)cc2)CC1. The second-order valence-corrected chi connectivity index (χ2v) is 9.86. The van der Waals surface area contributed by atoms with E-state index in [9.17, 15) is 13.2 Å². The zero-order valence-corrected chi connectivity index (χ0v) is 18.6. The lowest BCUT2D eigenvalue weighted by Crippen LogP contribution is -2.43. The van der Waals surface area contributed by atoms with Gasteiger partial charge in [-0.05, 0) is 38.3 Å². The smallest absolute Gasteiger partial charge is 0.223 e. The Bertz CT molecular complexity index is 965. The van der Waals surface area contributed by atoms with Gasteiger partial charge in [0.25, 0.3) is 0 Å². The van der Waals surface area contributed by atoms with Gasteiger partial charge in [0.05, 0.1) is 18.9 Å². The third-order valence-corrected chi connectivity index (χ3v) is 7.50. The molecule has 0 unspecified atom stereocenters. The monoisotopic (exact) mass is 430 g/mol. The molecule has 1 aliphatic rings. The topological polar surface area (TPSA) is 75.7 Å². The molecule has 7 heteroatoms. The molecule has 0 spiro atoms. The fraction of sp³-hybridized carbons (Fsp3) is 0.435. The van der Waals surface area contributed by atoms with E-state index in [0.717, 1.165) is 22.4 Å². The van der Waals surface area contributed by atoms with Gasteiger partial charge in [-0.3, -0.25) is 4.79 Å². The zero-order valence-electron chi connectivity index (χ0n) is 17.8. The lowest BCUT2D eigenvalue weighted by molar-refractivity contribution is -0.126. The van der Waals surface area contributed by atoms with Gasteiger partial charge in [0.2, 0.25) is 15.9 Å². The van der Waals surface area contributed by atoms with Gasteiger partial charge in [0.1, 0.15) is 5.75 Å². The number of para-hydroxylation sites is 1. The van der Waals surface area contributed by atoms with E-state index in [2.05, 4.69) is 5.32 Å². The summed E-state index contributed by atoms with van der Waals surface area (Å²) in [6.07, 6.45) is 1.05. The van der Waals surface area contributed by atoms with Crippen molar-refractivity contribution in [2.24, 2.45) is 5.92 Å². The largest absolute Gasteiger partial charge is 0.496 e. The molecular weight excluding hydrogens is 400 g/mol. The second-order valence-electron chi connectivity index (χ2n) is 7.89. The lowest BCUT2D eigenvalue weighted by atomic mass is 9.96. The molecule has 1 aliphatic heterocycles. The van der Waals surface area contributed by atoms with Crippen molar-refractivity contribution in [1.29, 1.82) is 0 Å². The molecule has 0 aliphatic carbocycles. The minimum absolute atomic E-state index is 0.00498. The van der Waals surface area contributed by atoms with Crippen LogP contribution in [0.4, 0.5) is 0 Å². The molecule has 1 fully saturated rings. The number of carbonyl (C=O) groups is 1. The Morgan fingerprint density at radius 2 is 1.77 bits per heavy atom. The number of ether oxygens (including phenoxy) is 1. The molecule has 30 heavy (non-hydrogen) atoms. The molecule has 1 saturated heterocycles. The summed E-state index contributed by atoms with van der Waals surface area (Å²) in [4.78, 5) is 12.7. The molecule has 162 valence electrons. The molecule has 1 heterocycles. The molecule has 0 bridgehead atoms. The highest BCUT2D eigenvalue weighted by Gasteiger charge is 2.31. The molecule has 3 rings (SSSR count). The normalized spacial score (nSPS) is 16.8. The Morgan fingerprint density at radius 1 is 1.13 bits per heavy atom. The standard InChI is InChI=1S/C23H30N2O4S/c1-17-8-10-19(11-9-17)16-30(27,28)25-14-12-20(13-15-25)23(26)24-18(2)21-6-4-5-7-22(21)29-3/h4-11,18,20H,12-16H2,1-3H3,(H,24,26)/t18-/m1/s1. The molecule has 1 atom stereocenters. The first-order valence-corrected chi connectivity index (χ1v) is 11.9. The summed E-state index contributed by atoms with van der Waals surface area (Å²) in [6.45, 7) is 4.64. The number of hydrogen-bond acceptors (Lipinski definition) is 4. The van der Waals surface area contributed by atoms with E-state index < -0.39 is 10.0 Å². The minimum atomic E-state index is -3.39. The van der Waals surface area contributed by atoms with Crippen LogP contribution in [0.5, 0.6) is 5.75 Å². The third kappa shape index (κ3) is 5.40. The van der Waals surface area contributed by atoms with Crippen LogP contribution in [-0.2, 0) is 20.6 Å². The highest BCUT2D eigenvalue weighted by atomic mass is 32.2. The van der Waals surface area contributed by atoms with E-state index in [1.165, 1.54) is 4.31 Å². The molecule has 0 saturated carbocycles. The first-order chi connectivity index (χ1) is 14.3. The van der Waals surface area contributed by atoms with Crippen molar-refractivity contribution in [3.63, 3.8) is 0 Å². The molecule has 2 aromatic carbocycles. The summed E-state index contributed by atoms with van der Waals surface area (Å²) in [7, 11) is -1.78. The van der Waals surface area contributed by atoms with E-state index in [1.807, 2.05) is 62.4 Å². The van der Waals surface area contributed by atoms with Crippen LogP contribution >= 0.6 is 0 Å². The van der Waals surface area contributed by atoms with Crippen LogP contribution in [0.2, 0.25) is 0 Å². The van der Waals surface area contributed by atoms with Crippen LogP contribution in [-0.4, -0.2) is 38.8 Å². The zero-order chi connectivity index (χ0) is 21.7. The van der Waals surface area contributed by atoms with Gasteiger partial charge < -0.3 is 10.1 Å². The van der Waals surface area contributed by atoms with Crippen molar-refractivity contribution in [3.05, 3.63) is 65.2 Å². The van der Waals surface area contributed by atoms with Crippen molar-refractivity contribution in [3.8, 4) is 5.75 Å². The van der Waals surface area contributed by atoms with Crippen LogP contribution in [0.3, 0.4) is 0 Å². The molecule has 0 radical (unpaired) electrons. The highest BCUT2D eigenvalue weighted by molar-refractivity contribution is 7.88. The predicted molar refractivity (Wildman–Crippen MR) is 118 cm³/mol. The third-order valence-electron chi connectivity index (χ3n) is 5.65. The number of aryl methyl sites for hydroxylation is 1. The van der Waals surface area contributed by atoms with E-state index in [-0.39, 0.29) is 23.6 Å². The molecule has 0 aromatic heterocycles. The highest BCUT2D eigenvalue weighted by Crippen LogP contribution is 2.26. The van der Waals surface area contributed by atoms with Gasteiger partial charge in [-0.15, -0.1) is 0 Å². The molecule has 1 amide bonds. The van der Waals surface area contributed by atoms with Gasteiger partial charge in [0, 0.05) is 24.6 Å². The number of piperidine rings is 1. The predicted octanol–water partition coefficient (Wildman–Crippen LogP) is 3.42. The molecule has 6 nitrogen and oxygen atoms in total. The molecule has 1 N–H and O–H groups in total. The van der Waals surface area contributed by atoms with E-state index >= 15 is 0 Å². The lowest BCUT2D eigenvalue weighted by Gasteiger charge is -2.31. The summed E-state index contributed by atoms with van der Waals surface area (Å²) in [5.41, 5.74) is 2.81. The minimum Gasteiger partial charge on any atom is -0.496 e. The number of nitrogens with zero attached hydrogens (tertiary/aromatic N) is 1. The maximum Gasteiger partial charge on any atom is 0.223 e. The van der Waals surface area contributed by atoms with Gasteiger partial charge in [-0.25, -0.2) is 12.7 Å². The Morgan fingerprint density at radius 3 is 2.40 bits per heavy atom. The van der Waals surface area contributed by atoms with E-state index in [0.29, 0.717) is 25.9 Å². The van der Waals surface area contributed by atoms with Gasteiger partial charge in [-0.1, -0.05) is 48.0 Å². The van der Waals surface area contributed by atoms with E-state index in [1.54, 1.807) is 7.11 Å². The van der Waals surface area contributed by atoms with Crippen molar-refractivity contribution in [1.82, 2.24) is 9.62 Å². The maximum absolute atomic E-state index is 12.8. The average Bonchev–Trinajstić information content (AvgIpc) is 2.75. The fourth-order valence-electron chi connectivity index (χ4n) is 3.82. The Kier molecular flexibility index (Phi) is 7.15. The van der Waals surface area contributed by atoms with Gasteiger partial charge >= 0.3 is 0 Å². The number of sulfonamides is 1. The number of hydrogen-bond donors (Lipinski definition) is 1. The Labute approximate surface area is 179 Å². The molecule has 2 aromatic rings. The van der Waals surface area contributed by atoms with Crippen molar-refractivity contribution in [2.45, 2.75) is 38.5 Å². The van der Waals surface area contributed by atoms with Gasteiger partial charge in [0.15, 0.2) is 0 Å². The van der Waals surface area contributed by atoms with E-state index in [4.69, 9.17) is 4.74 Å². The average molecular weight is 431 g/mol. The van der Waals surface area contributed by atoms with Crippen molar-refractivity contribution >= 4 is 15.9 Å².